The summed E-state index contributed by atoms with van der Waals surface area (Å²) in [6.45, 7) is -2.52. The van der Waals surface area contributed by atoms with Gasteiger partial charge in [0.2, 0.25) is 0 Å². The molecule has 2 N–H and O–H groups in total. The van der Waals surface area contributed by atoms with E-state index in [1.807, 2.05) is 0 Å². The molecule has 0 saturated carbocycles. The van der Waals surface area contributed by atoms with E-state index < -0.39 is 12.5 Å². The van der Waals surface area contributed by atoms with Gasteiger partial charge in [0.1, 0.15) is 5.75 Å². The molecule has 1 aliphatic rings. The number of alkyl halides is 2. The van der Waals surface area contributed by atoms with Crippen LogP contribution in [0.25, 0.3) is 6.08 Å². The van der Waals surface area contributed by atoms with Crippen molar-refractivity contribution >= 4 is 41.4 Å². The van der Waals surface area contributed by atoms with E-state index in [1.54, 1.807) is 0 Å². The second-order valence-corrected chi connectivity index (χ2v) is 5.06. The molecule has 1 heterocycles. The molecule has 0 atom stereocenters. The van der Waals surface area contributed by atoms with Crippen LogP contribution >= 0.6 is 24.2 Å². The Hall–Kier alpha value is -1.64. The van der Waals surface area contributed by atoms with Crippen molar-refractivity contribution in [1.82, 2.24) is 4.90 Å². The van der Waals surface area contributed by atoms with Crippen LogP contribution in [0.2, 0.25) is 0 Å². The minimum absolute atomic E-state index is 0. The Kier molecular flexibility index (Phi) is 6.79. The average Bonchev–Trinajstić information content (AvgIpc) is 2.69. The summed E-state index contributed by atoms with van der Waals surface area (Å²) >= 11 is 0.823. The lowest BCUT2D eigenvalue weighted by atomic mass is 10.2. The number of hydrogen-bond donors (Lipinski definition) is 1. The van der Waals surface area contributed by atoms with E-state index in [1.165, 1.54) is 30.3 Å². The molecule has 2 rings (SSSR count). The molecule has 1 saturated heterocycles. The van der Waals surface area contributed by atoms with Crippen LogP contribution in [-0.2, 0) is 4.79 Å². The normalized spacial score (nSPS) is 16.4. The Morgan fingerprint density at radius 1 is 1.27 bits per heavy atom. The van der Waals surface area contributed by atoms with Crippen LogP contribution in [0.5, 0.6) is 5.75 Å². The predicted octanol–water partition coefficient (Wildman–Crippen LogP) is 2.70. The Morgan fingerprint density at radius 3 is 2.45 bits per heavy atom. The third-order valence-electron chi connectivity index (χ3n) is 2.63. The van der Waals surface area contributed by atoms with E-state index in [9.17, 15) is 18.4 Å². The quantitative estimate of drug-likeness (QED) is 0.827. The minimum atomic E-state index is -2.89. The maximum atomic E-state index is 12.0. The summed E-state index contributed by atoms with van der Waals surface area (Å²) in [5.74, 6) is -0.373. The first-order valence-corrected chi connectivity index (χ1v) is 6.83. The molecule has 0 bridgehead atoms. The maximum Gasteiger partial charge on any atom is 0.387 e. The topological polar surface area (TPSA) is 72.6 Å². The van der Waals surface area contributed by atoms with Crippen LogP contribution in [-0.4, -0.2) is 35.7 Å². The highest BCUT2D eigenvalue weighted by atomic mass is 35.5. The fraction of sp³-hybridized carbons (Fsp3) is 0.231. The molecule has 1 aliphatic heterocycles. The Bertz CT molecular complexity index is 581. The summed E-state index contributed by atoms with van der Waals surface area (Å²) in [7, 11) is 0. The molecule has 0 aliphatic carbocycles. The van der Waals surface area contributed by atoms with Crippen molar-refractivity contribution in [3.8, 4) is 5.75 Å². The smallest absolute Gasteiger partial charge is 0.387 e. The molecular weight excluding hydrogens is 338 g/mol. The van der Waals surface area contributed by atoms with E-state index in [2.05, 4.69) is 4.74 Å². The van der Waals surface area contributed by atoms with Crippen LogP contribution < -0.4 is 10.5 Å². The third kappa shape index (κ3) is 4.43. The number of carbonyl (C=O) groups is 2. The van der Waals surface area contributed by atoms with Gasteiger partial charge in [-0.15, -0.1) is 12.4 Å². The Labute approximate surface area is 135 Å². The first-order valence-electron chi connectivity index (χ1n) is 6.01. The fourth-order valence-electron chi connectivity index (χ4n) is 1.72. The maximum absolute atomic E-state index is 12.0. The number of hydrogen-bond acceptors (Lipinski definition) is 5. The number of rotatable bonds is 5. The van der Waals surface area contributed by atoms with Gasteiger partial charge in [-0.3, -0.25) is 14.5 Å². The van der Waals surface area contributed by atoms with Gasteiger partial charge in [0.05, 0.1) is 4.91 Å². The van der Waals surface area contributed by atoms with E-state index in [4.69, 9.17) is 5.73 Å². The van der Waals surface area contributed by atoms with Crippen LogP contribution in [0.4, 0.5) is 13.6 Å². The number of halogens is 3. The van der Waals surface area contributed by atoms with Crippen LogP contribution in [0.1, 0.15) is 5.56 Å². The Balaban J connectivity index is 0.00000242. The largest absolute Gasteiger partial charge is 0.435 e. The summed E-state index contributed by atoms with van der Waals surface area (Å²) in [6.07, 6.45) is 1.52. The lowest BCUT2D eigenvalue weighted by molar-refractivity contribution is -0.122. The van der Waals surface area contributed by atoms with Gasteiger partial charge in [-0.25, -0.2) is 0 Å². The van der Waals surface area contributed by atoms with E-state index >= 15 is 0 Å². The zero-order valence-electron chi connectivity index (χ0n) is 11.2. The minimum Gasteiger partial charge on any atom is -0.435 e. The lowest BCUT2D eigenvalue weighted by Gasteiger charge is -2.09. The number of nitrogens with zero attached hydrogens (tertiary/aromatic N) is 1. The molecule has 0 aromatic heterocycles. The summed E-state index contributed by atoms with van der Waals surface area (Å²) < 4.78 is 28.3. The summed E-state index contributed by atoms with van der Waals surface area (Å²) in [6, 6.07) is 5.77. The molecular formula is C13H13ClF2N2O3S. The molecule has 22 heavy (non-hydrogen) atoms. The SMILES string of the molecule is Cl.NCCN1C(=O)S/C(=C\c2ccc(OC(F)F)cc2)C1=O. The standard InChI is InChI=1S/C13H12F2N2O3S.ClH/c14-12(15)20-9-3-1-8(2-4-9)7-10-11(18)17(6-5-16)13(19)21-10;/h1-4,7,12H,5-6,16H2;1H/b10-7-;. The number of carbonyl (C=O) groups excluding carboxylic acids is 2. The molecule has 0 radical (unpaired) electrons. The zero-order chi connectivity index (χ0) is 15.4. The first-order chi connectivity index (χ1) is 10.0. The number of ether oxygens (including phenoxy) is 1. The number of thioether (sulfide) groups is 1. The van der Waals surface area contributed by atoms with Gasteiger partial charge >= 0.3 is 6.61 Å². The molecule has 2 amide bonds. The fourth-order valence-corrected chi connectivity index (χ4v) is 2.58. The molecule has 1 aromatic carbocycles. The van der Waals surface area contributed by atoms with Gasteiger partial charge in [0.15, 0.2) is 0 Å². The van der Waals surface area contributed by atoms with Crippen molar-refractivity contribution < 1.29 is 23.1 Å². The van der Waals surface area contributed by atoms with Crippen molar-refractivity contribution in [2.24, 2.45) is 5.73 Å². The van der Waals surface area contributed by atoms with Crippen molar-refractivity contribution in [3.05, 3.63) is 34.7 Å². The Morgan fingerprint density at radius 2 is 1.91 bits per heavy atom. The zero-order valence-corrected chi connectivity index (χ0v) is 12.8. The van der Waals surface area contributed by atoms with Crippen LogP contribution in [0.15, 0.2) is 29.2 Å². The van der Waals surface area contributed by atoms with Gasteiger partial charge in [0.25, 0.3) is 11.1 Å². The van der Waals surface area contributed by atoms with Gasteiger partial charge in [0, 0.05) is 13.1 Å². The predicted molar refractivity (Wildman–Crippen MR) is 82.1 cm³/mol. The summed E-state index contributed by atoms with van der Waals surface area (Å²) in [5, 5.41) is -0.366. The molecule has 120 valence electrons. The molecule has 1 aromatic rings. The highest BCUT2D eigenvalue weighted by molar-refractivity contribution is 8.18. The van der Waals surface area contributed by atoms with Crippen molar-refractivity contribution in [1.29, 1.82) is 0 Å². The van der Waals surface area contributed by atoms with Gasteiger partial charge in [-0.1, -0.05) is 12.1 Å². The number of imide groups is 1. The van der Waals surface area contributed by atoms with E-state index in [0.29, 0.717) is 5.56 Å². The van der Waals surface area contributed by atoms with E-state index in [0.717, 1.165) is 16.7 Å². The number of nitrogens with two attached hydrogens (primary N) is 1. The monoisotopic (exact) mass is 350 g/mol. The van der Waals surface area contributed by atoms with Crippen LogP contribution in [0.3, 0.4) is 0 Å². The molecule has 5 nitrogen and oxygen atoms in total. The van der Waals surface area contributed by atoms with Crippen molar-refractivity contribution in [2.45, 2.75) is 6.61 Å². The highest BCUT2D eigenvalue weighted by Crippen LogP contribution is 2.32. The molecule has 1 fully saturated rings. The third-order valence-corrected chi connectivity index (χ3v) is 3.54. The van der Waals surface area contributed by atoms with Crippen molar-refractivity contribution in [3.63, 3.8) is 0 Å². The molecule has 0 spiro atoms. The van der Waals surface area contributed by atoms with Gasteiger partial charge in [-0.2, -0.15) is 8.78 Å². The summed E-state index contributed by atoms with van der Waals surface area (Å²) in [4.78, 5) is 24.9. The number of amides is 2. The van der Waals surface area contributed by atoms with Gasteiger partial charge < -0.3 is 10.5 Å². The van der Waals surface area contributed by atoms with E-state index in [-0.39, 0.29) is 41.4 Å². The van der Waals surface area contributed by atoms with Crippen LogP contribution in [0, 0.1) is 0 Å². The number of benzene rings is 1. The summed E-state index contributed by atoms with van der Waals surface area (Å²) in [5.41, 5.74) is 5.94. The van der Waals surface area contributed by atoms with Crippen molar-refractivity contribution in [2.75, 3.05) is 13.1 Å². The second-order valence-electron chi connectivity index (χ2n) is 4.07. The highest BCUT2D eigenvalue weighted by Gasteiger charge is 2.34. The first kappa shape index (κ1) is 18.4. The second kappa shape index (κ2) is 8.11. The molecule has 0 unspecified atom stereocenters. The molecule has 9 heteroatoms. The lowest BCUT2D eigenvalue weighted by Crippen LogP contribution is -2.33. The van der Waals surface area contributed by atoms with Gasteiger partial charge in [-0.05, 0) is 35.5 Å². The average molecular weight is 351 g/mol.